The van der Waals surface area contributed by atoms with Crippen molar-refractivity contribution < 1.29 is 44.3 Å². The normalized spacial score (nSPS) is 15.3. The lowest BCUT2D eigenvalue weighted by Crippen LogP contribution is -2.25. The molecule has 212 valence electrons. The van der Waals surface area contributed by atoms with E-state index in [1.54, 1.807) is 6.07 Å². The predicted molar refractivity (Wildman–Crippen MR) is 134 cm³/mol. The highest BCUT2D eigenvalue weighted by Gasteiger charge is 2.41. The molecule has 0 aromatic heterocycles. The van der Waals surface area contributed by atoms with Gasteiger partial charge in [-0.3, -0.25) is 0 Å². The Hall–Kier alpha value is -4.21. The highest BCUT2D eigenvalue weighted by atomic mass is 19.3. The van der Waals surface area contributed by atoms with Gasteiger partial charge in [0.2, 0.25) is 0 Å². The first-order valence-electron chi connectivity index (χ1n) is 12.4. The smallest absolute Gasteiger partial charge is 0.429 e. The van der Waals surface area contributed by atoms with Gasteiger partial charge in [0.15, 0.2) is 17.5 Å². The Labute approximate surface area is 228 Å². The number of ether oxygens (including phenoxy) is 1. The van der Waals surface area contributed by atoms with Crippen LogP contribution in [-0.4, -0.2) is 0 Å². The van der Waals surface area contributed by atoms with E-state index in [1.807, 2.05) is 12.2 Å². The van der Waals surface area contributed by atoms with E-state index in [1.165, 1.54) is 18.2 Å². The average Bonchev–Trinajstić information content (AvgIpc) is 2.91. The van der Waals surface area contributed by atoms with Crippen molar-refractivity contribution in [1.82, 2.24) is 0 Å². The number of rotatable bonds is 6. The van der Waals surface area contributed by atoms with Crippen LogP contribution in [0, 0.1) is 40.7 Å². The molecule has 0 saturated heterocycles. The molecule has 0 radical (unpaired) electrons. The number of hydrogen-bond donors (Lipinski definition) is 0. The third-order valence-electron chi connectivity index (χ3n) is 6.80. The highest BCUT2D eigenvalue weighted by Crippen LogP contribution is 2.39. The minimum atomic E-state index is -4.79. The Bertz CT molecular complexity index is 1620. The molecule has 4 aromatic carbocycles. The zero-order valence-electron chi connectivity index (χ0n) is 20.9. The van der Waals surface area contributed by atoms with Crippen LogP contribution in [0.1, 0.15) is 36.3 Å². The Morgan fingerprint density at radius 1 is 0.634 bits per heavy atom. The summed E-state index contributed by atoms with van der Waals surface area (Å²) in [6.07, 6.45) is 2.09. The van der Waals surface area contributed by atoms with E-state index in [9.17, 15) is 35.1 Å². The lowest BCUT2D eigenvalue weighted by Gasteiger charge is -2.20. The summed E-state index contributed by atoms with van der Waals surface area (Å²) in [4.78, 5) is 0. The summed E-state index contributed by atoms with van der Waals surface area (Å²) >= 11 is 0. The van der Waals surface area contributed by atoms with E-state index >= 15 is 4.39 Å². The van der Waals surface area contributed by atoms with Gasteiger partial charge >= 0.3 is 6.11 Å². The molecule has 0 bridgehead atoms. The number of halogens is 9. The Morgan fingerprint density at radius 3 is 1.80 bits per heavy atom. The quantitative estimate of drug-likeness (QED) is 0.126. The molecule has 0 aliphatic heterocycles. The van der Waals surface area contributed by atoms with E-state index in [4.69, 9.17) is 0 Å². The minimum Gasteiger partial charge on any atom is -0.429 e. The van der Waals surface area contributed by atoms with Gasteiger partial charge in [-0.1, -0.05) is 36.4 Å². The van der Waals surface area contributed by atoms with Crippen LogP contribution < -0.4 is 4.74 Å². The van der Waals surface area contributed by atoms with Gasteiger partial charge in [-0.2, -0.15) is 8.78 Å². The molecular weight excluding hydrogens is 559 g/mol. The summed E-state index contributed by atoms with van der Waals surface area (Å²) in [5.74, 6) is -12.1. The molecule has 1 aliphatic carbocycles. The molecule has 0 fully saturated rings. The summed E-state index contributed by atoms with van der Waals surface area (Å²) in [7, 11) is 0. The van der Waals surface area contributed by atoms with Gasteiger partial charge in [0.25, 0.3) is 0 Å². The molecule has 5 rings (SSSR count). The zero-order valence-corrected chi connectivity index (χ0v) is 20.9. The van der Waals surface area contributed by atoms with Crippen LogP contribution in [0.2, 0.25) is 0 Å². The first kappa shape index (κ1) is 28.3. The van der Waals surface area contributed by atoms with E-state index in [0.717, 1.165) is 37.0 Å². The van der Waals surface area contributed by atoms with Crippen LogP contribution in [0.5, 0.6) is 5.75 Å². The third kappa shape index (κ3) is 5.68. The molecule has 1 unspecified atom stereocenters. The fourth-order valence-corrected chi connectivity index (χ4v) is 4.80. The van der Waals surface area contributed by atoms with Crippen molar-refractivity contribution >= 4 is 0 Å². The largest absolute Gasteiger partial charge is 0.432 e. The van der Waals surface area contributed by atoms with Crippen molar-refractivity contribution in [3.05, 3.63) is 125 Å². The van der Waals surface area contributed by atoms with Gasteiger partial charge in [-0.05, 0) is 60.2 Å². The van der Waals surface area contributed by atoms with Crippen molar-refractivity contribution in [2.24, 2.45) is 0 Å². The standard InChI is InChI=1S/C31H19F9O/c32-23-10-17(16-4-2-1-3-5-16)6-8-21(23)18-7-9-22(24(33)11-18)19-12-25(34)29(26(35)13-19)31(39,40)41-20-14-27(36)30(38)28(37)15-20/h2,4,6-16H,1,3,5H2. The number of allylic oxidation sites excluding steroid dienone is 2. The first-order chi connectivity index (χ1) is 19.4. The molecule has 0 saturated carbocycles. The molecule has 1 atom stereocenters. The van der Waals surface area contributed by atoms with Gasteiger partial charge < -0.3 is 4.74 Å². The summed E-state index contributed by atoms with van der Waals surface area (Å²) in [6.45, 7) is 0. The fourth-order valence-electron chi connectivity index (χ4n) is 4.80. The van der Waals surface area contributed by atoms with Crippen LogP contribution in [0.4, 0.5) is 39.5 Å². The van der Waals surface area contributed by atoms with Crippen molar-refractivity contribution in [3.8, 4) is 28.0 Å². The zero-order chi connectivity index (χ0) is 29.5. The first-order valence-corrected chi connectivity index (χ1v) is 12.4. The molecule has 0 amide bonds. The minimum absolute atomic E-state index is 0.0787. The van der Waals surface area contributed by atoms with Crippen molar-refractivity contribution in [1.29, 1.82) is 0 Å². The second-order valence-corrected chi connectivity index (χ2v) is 9.53. The summed E-state index contributed by atoms with van der Waals surface area (Å²) in [6, 6.07) is 9.02. The molecule has 41 heavy (non-hydrogen) atoms. The van der Waals surface area contributed by atoms with E-state index in [0.29, 0.717) is 12.1 Å². The Balaban J connectivity index is 1.42. The molecular formula is C31H19F9O. The van der Waals surface area contributed by atoms with Gasteiger partial charge in [0, 0.05) is 29.2 Å². The second kappa shape index (κ2) is 11.0. The van der Waals surface area contributed by atoms with Crippen LogP contribution in [0.25, 0.3) is 22.3 Å². The highest BCUT2D eigenvalue weighted by molar-refractivity contribution is 5.72. The lowest BCUT2D eigenvalue weighted by atomic mass is 9.88. The predicted octanol–water partition coefficient (Wildman–Crippen LogP) is 9.95. The Kier molecular flexibility index (Phi) is 7.59. The number of hydrogen-bond acceptors (Lipinski definition) is 1. The number of benzene rings is 4. The lowest BCUT2D eigenvalue weighted by molar-refractivity contribution is -0.189. The summed E-state index contributed by atoms with van der Waals surface area (Å²) < 4.78 is 133. The number of alkyl halides is 2. The maximum absolute atomic E-state index is 15.1. The van der Waals surface area contributed by atoms with Crippen molar-refractivity contribution in [2.45, 2.75) is 31.3 Å². The van der Waals surface area contributed by atoms with Crippen LogP contribution in [-0.2, 0) is 6.11 Å². The Morgan fingerprint density at radius 2 is 1.22 bits per heavy atom. The molecule has 0 heterocycles. The molecule has 0 N–H and O–H groups in total. The topological polar surface area (TPSA) is 9.23 Å². The summed E-state index contributed by atoms with van der Waals surface area (Å²) in [5.41, 5.74) is -1.72. The maximum Gasteiger partial charge on any atom is 0.432 e. The monoisotopic (exact) mass is 578 g/mol. The van der Waals surface area contributed by atoms with Crippen LogP contribution in [0.3, 0.4) is 0 Å². The average molecular weight is 578 g/mol. The van der Waals surface area contributed by atoms with Gasteiger partial charge in [0.1, 0.15) is 34.6 Å². The second-order valence-electron chi connectivity index (χ2n) is 9.53. The van der Waals surface area contributed by atoms with Gasteiger partial charge in [0.05, 0.1) is 0 Å². The molecule has 1 nitrogen and oxygen atoms in total. The molecule has 1 aliphatic rings. The van der Waals surface area contributed by atoms with Gasteiger partial charge in [-0.25, -0.2) is 30.7 Å². The molecule has 0 spiro atoms. The fraction of sp³-hybridized carbons (Fsp3) is 0.161. The third-order valence-corrected chi connectivity index (χ3v) is 6.80. The SMILES string of the molecule is Fc1cc(-c2ccc(C3C=CCCC3)cc2F)ccc1-c1cc(F)c(C(F)(F)Oc2cc(F)c(F)c(F)c2)c(F)c1. The van der Waals surface area contributed by atoms with Crippen molar-refractivity contribution in [3.63, 3.8) is 0 Å². The van der Waals surface area contributed by atoms with Gasteiger partial charge in [-0.15, -0.1) is 0 Å². The van der Waals surface area contributed by atoms with Crippen LogP contribution >= 0.6 is 0 Å². The van der Waals surface area contributed by atoms with E-state index < -0.39 is 63.7 Å². The van der Waals surface area contributed by atoms with Crippen LogP contribution in [0.15, 0.2) is 72.8 Å². The van der Waals surface area contributed by atoms with E-state index in [-0.39, 0.29) is 34.7 Å². The molecule has 10 heteroatoms. The molecule has 4 aromatic rings. The summed E-state index contributed by atoms with van der Waals surface area (Å²) in [5, 5.41) is 0. The van der Waals surface area contributed by atoms with Crippen molar-refractivity contribution in [2.75, 3.05) is 0 Å². The van der Waals surface area contributed by atoms with E-state index in [2.05, 4.69) is 4.74 Å². The maximum atomic E-state index is 15.1.